The van der Waals surface area contributed by atoms with Crippen molar-refractivity contribution in [3.05, 3.63) is 0 Å². The quantitative estimate of drug-likeness (QED) is 0.785. The van der Waals surface area contributed by atoms with Crippen molar-refractivity contribution in [2.45, 2.75) is 53.9 Å². The monoisotopic (exact) mass is 311 g/mol. The van der Waals surface area contributed by atoms with Gasteiger partial charge >= 0.3 is 6.09 Å². The van der Waals surface area contributed by atoms with Gasteiger partial charge in [-0.25, -0.2) is 9.80 Å². The van der Waals surface area contributed by atoms with E-state index in [1.54, 1.807) is 0 Å². The van der Waals surface area contributed by atoms with Crippen LogP contribution in [0.1, 0.15) is 53.9 Å². The van der Waals surface area contributed by atoms with E-state index < -0.39 is 6.09 Å². The van der Waals surface area contributed by atoms with Gasteiger partial charge in [-0.3, -0.25) is 4.79 Å². The first kappa shape index (κ1) is 18.5. The molecule has 0 aliphatic carbocycles. The summed E-state index contributed by atoms with van der Waals surface area (Å²) in [5.74, 6) is 0.417. The van der Waals surface area contributed by atoms with Crippen molar-refractivity contribution < 1.29 is 14.7 Å². The van der Waals surface area contributed by atoms with E-state index in [9.17, 15) is 14.7 Å². The molecule has 0 spiro atoms. The van der Waals surface area contributed by atoms with Gasteiger partial charge in [0.05, 0.1) is 18.7 Å². The summed E-state index contributed by atoms with van der Waals surface area (Å²) in [6, 6.07) is 0. The maximum absolute atomic E-state index is 12.0. The number of carbonyl (C=O) groups excluding carboxylic acids is 1. The lowest BCUT2D eigenvalue weighted by molar-refractivity contribution is -0.129. The molecule has 2 amide bonds. The minimum absolute atomic E-state index is 0.0250. The van der Waals surface area contributed by atoms with Crippen molar-refractivity contribution in [1.29, 1.82) is 0 Å². The SMILES string of the molecule is CCC(CC)CN1N=C(CN(CC(C)(C)C)C(=O)O)CC1=O. The predicted octanol–water partition coefficient (Wildman–Crippen LogP) is 3.04. The van der Waals surface area contributed by atoms with Crippen molar-refractivity contribution in [2.75, 3.05) is 19.6 Å². The average Bonchev–Trinajstić information content (AvgIpc) is 2.73. The molecule has 0 saturated heterocycles. The Bertz CT molecular complexity index is 436. The van der Waals surface area contributed by atoms with E-state index in [0.29, 0.717) is 24.7 Å². The molecule has 0 aromatic rings. The fourth-order valence-corrected chi connectivity index (χ4v) is 2.53. The Hall–Kier alpha value is -1.59. The van der Waals surface area contributed by atoms with Gasteiger partial charge < -0.3 is 10.0 Å². The first-order valence-electron chi connectivity index (χ1n) is 8.00. The molecule has 0 bridgehead atoms. The van der Waals surface area contributed by atoms with Gasteiger partial charge in [0.1, 0.15) is 0 Å². The largest absolute Gasteiger partial charge is 0.465 e. The molecular weight excluding hydrogens is 282 g/mol. The lowest BCUT2D eigenvalue weighted by Gasteiger charge is -2.27. The predicted molar refractivity (Wildman–Crippen MR) is 86.9 cm³/mol. The average molecular weight is 311 g/mol. The molecule has 1 aliphatic heterocycles. The molecule has 0 fully saturated rings. The summed E-state index contributed by atoms with van der Waals surface area (Å²) in [7, 11) is 0. The number of hydrogen-bond acceptors (Lipinski definition) is 3. The number of carboxylic acid groups (broad SMARTS) is 1. The summed E-state index contributed by atoms with van der Waals surface area (Å²) in [4.78, 5) is 24.7. The molecule has 0 aromatic carbocycles. The van der Waals surface area contributed by atoms with Gasteiger partial charge in [0, 0.05) is 13.1 Å². The van der Waals surface area contributed by atoms with E-state index in [1.165, 1.54) is 9.91 Å². The van der Waals surface area contributed by atoms with Crippen LogP contribution in [0.2, 0.25) is 0 Å². The molecule has 0 atom stereocenters. The fourth-order valence-electron chi connectivity index (χ4n) is 2.53. The lowest BCUT2D eigenvalue weighted by atomic mass is 9.96. The zero-order chi connectivity index (χ0) is 16.9. The number of amides is 2. The normalized spacial score (nSPS) is 15.5. The van der Waals surface area contributed by atoms with Gasteiger partial charge in [-0.15, -0.1) is 0 Å². The van der Waals surface area contributed by atoms with E-state index in [-0.39, 0.29) is 24.3 Å². The Labute approximate surface area is 133 Å². The Morgan fingerprint density at radius 3 is 2.41 bits per heavy atom. The van der Waals surface area contributed by atoms with Crippen molar-refractivity contribution in [3.8, 4) is 0 Å². The maximum atomic E-state index is 12.0. The van der Waals surface area contributed by atoms with Gasteiger partial charge in [-0.2, -0.15) is 5.10 Å². The lowest BCUT2D eigenvalue weighted by Crippen LogP contribution is -2.40. The van der Waals surface area contributed by atoms with Crippen LogP contribution in [0, 0.1) is 11.3 Å². The van der Waals surface area contributed by atoms with Crippen LogP contribution in [0.15, 0.2) is 5.10 Å². The fraction of sp³-hybridized carbons (Fsp3) is 0.812. The zero-order valence-electron chi connectivity index (χ0n) is 14.4. The van der Waals surface area contributed by atoms with Gasteiger partial charge in [0.25, 0.3) is 0 Å². The highest BCUT2D eigenvalue weighted by molar-refractivity contribution is 6.06. The second-order valence-electron chi connectivity index (χ2n) is 7.20. The smallest absolute Gasteiger partial charge is 0.407 e. The highest BCUT2D eigenvalue weighted by Gasteiger charge is 2.29. The van der Waals surface area contributed by atoms with Crippen LogP contribution >= 0.6 is 0 Å². The summed E-state index contributed by atoms with van der Waals surface area (Å²) in [5.41, 5.74) is 0.513. The van der Waals surface area contributed by atoms with Crippen LogP contribution in [-0.2, 0) is 4.79 Å². The van der Waals surface area contributed by atoms with Crippen LogP contribution in [0.5, 0.6) is 0 Å². The summed E-state index contributed by atoms with van der Waals surface area (Å²) >= 11 is 0. The first-order valence-corrected chi connectivity index (χ1v) is 8.00. The molecule has 1 aliphatic rings. The molecule has 1 rings (SSSR count). The molecule has 6 nitrogen and oxygen atoms in total. The van der Waals surface area contributed by atoms with E-state index in [0.717, 1.165) is 12.8 Å². The Morgan fingerprint density at radius 2 is 1.95 bits per heavy atom. The van der Waals surface area contributed by atoms with E-state index >= 15 is 0 Å². The first-order chi connectivity index (χ1) is 10.2. The highest BCUT2D eigenvalue weighted by Crippen LogP contribution is 2.18. The van der Waals surface area contributed by atoms with Gasteiger partial charge in [-0.05, 0) is 11.3 Å². The standard InChI is InChI=1S/C16H29N3O3/c1-6-12(7-2)9-19-14(20)8-13(17-19)10-18(15(21)22)11-16(3,4)5/h12H,6-11H2,1-5H3,(H,21,22). The second kappa shape index (κ2) is 7.61. The number of carbonyl (C=O) groups is 2. The number of hydrogen-bond donors (Lipinski definition) is 1. The van der Waals surface area contributed by atoms with Crippen LogP contribution < -0.4 is 0 Å². The Balaban J connectivity index is 2.71. The zero-order valence-corrected chi connectivity index (χ0v) is 14.4. The molecule has 22 heavy (non-hydrogen) atoms. The van der Waals surface area contributed by atoms with Gasteiger partial charge in [0.15, 0.2) is 0 Å². The third-order valence-electron chi connectivity index (χ3n) is 3.80. The summed E-state index contributed by atoms with van der Waals surface area (Å²) in [5, 5.41) is 15.2. The van der Waals surface area contributed by atoms with Crippen molar-refractivity contribution >= 4 is 17.7 Å². The third-order valence-corrected chi connectivity index (χ3v) is 3.80. The summed E-state index contributed by atoms with van der Waals surface area (Å²) in [6.07, 6.45) is 1.28. The molecule has 126 valence electrons. The molecule has 1 N–H and O–H groups in total. The molecule has 1 heterocycles. The number of rotatable bonds is 7. The second-order valence-corrected chi connectivity index (χ2v) is 7.20. The van der Waals surface area contributed by atoms with Gasteiger partial charge in [-0.1, -0.05) is 47.5 Å². The van der Waals surface area contributed by atoms with Crippen LogP contribution in [0.25, 0.3) is 0 Å². The topological polar surface area (TPSA) is 73.2 Å². The Kier molecular flexibility index (Phi) is 6.38. The van der Waals surface area contributed by atoms with Crippen molar-refractivity contribution in [2.24, 2.45) is 16.4 Å². The minimum Gasteiger partial charge on any atom is -0.465 e. The van der Waals surface area contributed by atoms with Crippen molar-refractivity contribution in [3.63, 3.8) is 0 Å². The molecule has 0 radical (unpaired) electrons. The van der Waals surface area contributed by atoms with Crippen LogP contribution in [0.3, 0.4) is 0 Å². The molecule has 6 heteroatoms. The minimum atomic E-state index is -0.969. The van der Waals surface area contributed by atoms with E-state index in [1.807, 2.05) is 20.8 Å². The van der Waals surface area contributed by atoms with E-state index in [2.05, 4.69) is 18.9 Å². The third kappa shape index (κ3) is 5.66. The van der Waals surface area contributed by atoms with Crippen molar-refractivity contribution in [1.82, 2.24) is 9.91 Å². The number of hydrazone groups is 1. The Morgan fingerprint density at radius 1 is 1.36 bits per heavy atom. The molecular formula is C16H29N3O3. The summed E-state index contributed by atoms with van der Waals surface area (Å²) < 4.78 is 0. The maximum Gasteiger partial charge on any atom is 0.407 e. The molecule has 0 aromatic heterocycles. The van der Waals surface area contributed by atoms with E-state index in [4.69, 9.17) is 0 Å². The number of nitrogens with zero attached hydrogens (tertiary/aromatic N) is 3. The van der Waals surface area contributed by atoms with Crippen LogP contribution in [0.4, 0.5) is 4.79 Å². The van der Waals surface area contributed by atoms with Gasteiger partial charge in [0.2, 0.25) is 5.91 Å². The summed E-state index contributed by atoms with van der Waals surface area (Å²) in [6.45, 7) is 11.4. The molecule has 0 unspecified atom stereocenters. The van der Waals surface area contributed by atoms with Crippen LogP contribution in [-0.4, -0.2) is 52.4 Å². The highest BCUT2D eigenvalue weighted by atomic mass is 16.4. The molecule has 0 saturated carbocycles.